The number of fused-ring (bicyclic) bond motifs is 1. The van der Waals surface area contributed by atoms with Gasteiger partial charge in [0, 0.05) is 19.1 Å². The largest absolute Gasteiger partial charge is 0.711 e. The highest BCUT2D eigenvalue weighted by Crippen LogP contribution is 2.25. The highest BCUT2D eigenvalue weighted by molar-refractivity contribution is 5.69. The van der Waals surface area contributed by atoms with Crippen molar-refractivity contribution in [2.45, 2.75) is 45.3 Å². The van der Waals surface area contributed by atoms with E-state index in [-0.39, 0.29) is 23.5 Å². The highest BCUT2D eigenvalue weighted by atomic mass is 16.6. The Morgan fingerprint density at radius 1 is 1.38 bits per heavy atom. The second-order valence-electron chi connectivity index (χ2n) is 7.07. The van der Waals surface area contributed by atoms with Crippen molar-refractivity contribution >= 4 is 17.3 Å². The lowest BCUT2D eigenvalue weighted by atomic mass is 10.1. The molecule has 0 saturated carbocycles. The first kappa shape index (κ1) is 16.4. The number of carbonyl (C=O) groups is 1. The van der Waals surface area contributed by atoms with E-state index in [2.05, 4.69) is 4.98 Å². The highest BCUT2D eigenvalue weighted by Gasteiger charge is 2.30. The number of rotatable bonds is 1. The van der Waals surface area contributed by atoms with Crippen molar-refractivity contribution in [2.75, 3.05) is 13.1 Å². The standard InChI is InChI=1S/C16H22N4O4/c1-16(2,3)24-15(22)18-9-6-11(7-10-18)20-12-5-4-8-19(23)13(12)17-14(20)21/h4-5,8,11H,6-7,9-10H2,1-3H3,(H,17,21). The van der Waals surface area contributed by atoms with Crippen molar-refractivity contribution in [3.8, 4) is 0 Å². The molecular weight excluding hydrogens is 312 g/mol. The molecule has 0 radical (unpaired) electrons. The first-order valence-corrected chi connectivity index (χ1v) is 8.06. The summed E-state index contributed by atoms with van der Waals surface area (Å²) in [5.74, 6) is 0. The molecular formula is C16H22N4O4. The predicted octanol–water partition coefficient (Wildman–Crippen LogP) is 1.53. The van der Waals surface area contributed by atoms with Gasteiger partial charge in [-0.1, -0.05) is 0 Å². The average Bonchev–Trinajstić information content (AvgIpc) is 2.83. The molecule has 1 N–H and O–H groups in total. The van der Waals surface area contributed by atoms with Gasteiger partial charge in [0.15, 0.2) is 0 Å². The van der Waals surface area contributed by atoms with E-state index in [0.29, 0.717) is 36.2 Å². The number of H-pyrrole nitrogens is 1. The molecule has 1 fully saturated rings. The Hall–Kier alpha value is -2.51. The van der Waals surface area contributed by atoms with Crippen LogP contribution in [-0.2, 0) is 4.74 Å². The normalized spacial score (nSPS) is 16.5. The summed E-state index contributed by atoms with van der Waals surface area (Å²) < 4.78 is 7.66. The van der Waals surface area contributed by atoms with Gasteiger partial charge in [-0.3, -0.25) is 4.57 Å². The SMILES string of the molecule is CC(C)(C)OC(=O)N1CCC(n2c(=O)[nH]c3c2ccc[n+]3[O-])CC1. The van der Waals surface area contributed by atoms with Crippen molar-refractivity contribution in [1.82, 2.24) is 14.5 Å². The van der Waals surface area contributed by atoms with Crippen molar-refractivity contribution in [3.63, 3.8) is 0 Å². The zero-order chi connectivity index (χ0) is 17.5. The third kappa shape index (κ3) is 3.08. The van der Waals surface area contributed by atoms with Gasteiger partial charge in [0.2, 0.25) is 0 Å². The average molecular weight is 334 g/mol. The minimum Gasteiger partial charge on any atom is -0.711 e. The molecule has 8 nitrogen and oxygen atoms in total. The van der Waals surface area contributed by atoms with Crippen LogP contribution in [0, 0.1) is 5.21 Å². The first-order chi connectivity index (χ1) is 11.3. The van der Waals surface area contributed by atoms with E-state index < -0.39 is 5.60 Å². The number of hydrogen-bond acceptors (Lipinski definition) is 4. The van der Waals surface area contributed by atoms with Crippen LogP contribution in [0.4, 0.5) is 4.79 Å². The monoisotopic (exact) mass is 334 g/mol. The number of aromatic amines is 1. The van der Waals surface area contributed by atoms with Crippen LogP contribution in [0.1, 0.15) is 39.7 Å². The van der Waals surface area contributed by atoms with Gasteiger partial charge in [0.05, 0.1) is 6.20 Å². The number of likely N-dealkylation sites (tertiary alicyclic amines) is 1. The van der Waals surface area contributed by atoms with Gasteiger partial charge in [-0.2, -0.15) is 4.98 Å². The maximum absolute atomic E-state index is 12.2. The van der Waals surface area contributed by atoms with E-state index in [4.69, 9.17) is 4.74 Å². The molecule has 2 aromatic heterocycles. The number of ether oxygens (including phenoxy) is 1. The minimum absolute atomic E-state index is 0.0488. The Labute approximate surface area is 139 Å². The van der Waals surface area contributed by atoms with Crippen molar-refractivity contribution in [3.05, 3.63) is 34.0 Å². The van der Waals surface area contributed by atoms with Gasteiger partial charge in [-0.05, 0) is 45.7 Å². The lowest BCUT2D eigenvalue weighted by molar-refractivity contribution is -0.579. The fourth-order valence-electron chi connectivity index (χ4n) is 3.06. The second kappa shape index (κ2) is 5.85. The Morgan fingerprint density at radius 3 is 2.67 bits per heavy atom. The molecule has 0 bridgehead atoms. The molecule has 0 aromatic carbocycles. The van der Waals surface area contributed by atoms with Gasteiger partial charge < -0.3 is 14.8 Å². The molecule has 0 atom stereocenters. The maximum atomic E-state index is 12.2. The molecule has 24 heavy (non-hydrogen) atoms. The third-order valence-corrected chi connectivity index (χ3v) is 4.12. The molecule has 8 heteroatoms. The number of piperidine rings is 1. The van der Waals surface area contributed by atoms with E-state index in [1.807, 2.05) is 20.8 Å². The van der Waals surface area contributed by atoms with Crippen molar-refractivity contribution in [2.24, 2.45) is 0 Å². The molecule has 2 aromatic rings. The van der Waals surface area contributed by atoms with Crippen LogP contribution >= 0.6 is 0 Å². The Balaban J connectivity index is 1.76. The summed E-state index contributed by atoms with van der Waals surface area (Å²) in [5, 5.41) is 11.8. The number of nitrogens with one attached hydrogen (secondary N) is 1. The quantitative estimate of drug-likeness (QED) is 0.632. The minimum atomic E-state index is -0.524. The molecule has 3 heterocycles. The number of amides is 1. The number of imidazole rings is 1. The van der Waals surface area contributed by atoms with Crippen molar-refractivity contribution < 1.29 is 14.3 Å². The molecule has 1 aliphatic heterocycles. The number of hydrogen-bond donors (Lipinski definition) is 1. The first-order valence-electron chi connectivity index (χ1n) is 8.06. The number of aromatic nitrogens is 3. The van der Waals surface area contributed by atoms with E-state index >= 15 is 0 Å². The smallest absolute Gasteiger partial charge is 0.414 e. The summed E-state index contributed by atoms with van der Waals surface area (Å²) in [6.07, 6.45) is 2.30. The fraction of sp³-hybridized carbons (Fsp3) is 0.562. The summed E-state index contributed by atoms with van der Waals surface area (Å²) in [6, 6.07) is 3.32. The van der Waals surface area contributed by atoms with Gasteiger partial charge in [-0.25, -0.2) is 14.3 Å². The molecule has 130 valence electrons. The van der Waals surface area contributed by atoms with Gasteiger partial charge in [0.1, 0.15) is 11.1 Å². The maximum Gasteiger partial charge on any atom is 0.414 e. The van der Waals surface area contributed by atoms with Crippen LogP contribution < -0.4 is 10.4 Å². The van der Waals surface area contributed by atoms with E-state index in [1.54, 1.807) is 21.6 Å². The second-order valence-corrected chi connectivity index (χ2v) is 7.07. The summed E-state index contributed by atoms with van der Waals surface area (Å²) in [6.45, 7) is 6.54. The lowest BCUT2D eigenvalue weighted by Gasteiger charge is -2.33. The van der Waals surface area contributed by atoms with Crippen LogP contribution in [0.15, 0.2) is 23.1 Å². The molecule has 1 saturated heterocycles. The van der Waals surface area contributed by atoms with Crippen LogP contribution in [0.3, 0.4) is 0 Å². The van der Waals surface area contributed by atoms with E-state index in [9.17, 15) is 14.8 Å². The molecule has 3 rings (SSSR count). The zero-order valence-corrected chi connectivity index (χ0v) is 14.1. The van der Waals surface area contributed by atoms with E-state index in [1.165, 1.54) is 6.20 Å². The third-order valence-electron chi connectivity index (χ3n) is 4.12. The molecule has 0 aliphatic carbocycles. The van der Waals surface area contributed by atoms with Crippen LogP contribution in [0.5, 0.6) is 0 Å². The van der Waals surface area contributed by atoms with Crippen LogP contribution in [0.2, 0.25) is 0 Å². The number of carbonyl (C=O) groups excluding carboxylic acids is 1. The Kier molecular flexibility index (Phi) is 3.98. The Morgan fingerprint density at radius 2 is 2.04 bits per heavy atom. The molecule has 1 amide bonds. The van der Waals surface area contributed by atoms with Gasteiger partial charge in [0.25, 0.3) is 0 Å². The topological polar surface area (TPSA) is 94.3 Å². The Bertz CT molecular complexity index is 810. The molecule has 1 aliphatic rings. The predicted molar refractivity (Wildman–Crippen MR) is 87.6 cm³/mol. The van der Waals surface area contributed by atoms with Crippen LogP contribution in [0.25, 0.3) is 11.2 Å². The number of pyridine rings is 1. The summed E-state index contributed by atoms with van der Waals surface area (Å²) in [4.78, 5) is 28.6. The van der Waals surface area contributed by atoms with Gasteiger partial charge >= 0.3 is 17.4 Å². The van der Waals surface area contributed by atoms with E-state index in [0.717, 1.165) is 0 Å². The number of nitrogens with zero attached hydrogens (tertiary/aromatic N) is 3. The zero-order valence-electron chi connectivity index (χ0n) is 14.1. The lowest BCUT2D eigenvalue weighted by Crippen LogP contribution is -2.43. The summed E-state index contributed by atoms with van der Waals surface area (Å²) in [5.41, 5.74) is 0.0329. The van der Waals surface area contributed by atoms with Gasteiger partial charge in [-0.15, -0.1) is 0 Å². The molecule has 0 unspecified atom stereocenters. The van der Waals surface area contributed by atoms with Crippen LogP contribution in [-0.4, -0.2) is 39.2 Å². The fourth-order valence-corrected chi connectivity index (χ4v) is 3.06. The summed E-state index contributed by atoms with van der Waals surface area (Å²) in [7, 11) is 0. The van der Waals surface area contributed by atoms with Crippen molar-refractivity contribution in [1.29, 1.82) is 0 Å². The summed E-state index contributed by atoms with van der Waals surface area (Å²) >= 11 is 0. The molecule has 0 spiro atoms.